The molecule has 1 saturated heterocycles. The van der Waals surface area contributed by atoms with E-state index >= 15 is 0 Å². The number of nitrogens with zero attached hydrogens (tertiary/aromatic N) is 2. The number of ether oxygens (including phenoxy) is 1. The summed E-state index contributed by atoms with van der Waals surface area (Å²) in [6, 6.07) is 11.0. The fraction of sp³-hybridized carbons (Fsp3) is 0.350. The lowest BCUT2D eigenvalue weighted by Crippen LogP contribution is -2.51. The smallest absolute Gasteiger partial charge is 0.307 e. The Labute approximate surface area is 182 Å². The zero-order valence-corrected chi connectivity index (χ0v) is 18.1. The van der Waals surface area contributed by atoms with E-state index in [1.54, 1.807) is 28.0 Å². The molecule has 154 valence electrons. The minimum Gasteiger partial charge on any atom is -0.456 e. The normalized spacial score (nSPS) is 14.0. The molecule has 0 spiro atoms. The van der Waals surface area contributed by atoms with Crippen LogP contribution in [0.2, 0.25) is 5.02 Å². The van der Waals surface area contributed by atoms with Crippen LogP contribution in [0.1, 0.15) is 16.1 Å². The highest BCUT2D eigenvalue weighted by molar-refractivity contribution is 7.99. The predicted molar refractivity (Wildman–Crippen MR) is 115 cm³/mol. The standard InChI is InChI=1S/C20H21ClN2O4S2/c21-15-3-5-16(6-4-15)28-13-7-19(25)27-14-18(24)22-8-10-23(11-9-22)20(26)17-2-1-12-29-17/h1-6,12H,7-11,13-14H2. The number of amides is 2. The largest absolute Gasteiger partial charge is 0.456 e. The molecule has 6 nitrogen and oxygen atoms in total. The number of rotatable bonds is 7. The SMILES string of the molecule is O=C(CCSc1ccc(Cl)cc1)OCC(=O)N1CCN(C(=O)c2cccs2)CC1. The van der Waals surface area contributed by atoms with E-state index in [0.29, 0.717) is 41.8 Å². The lowest BCUT2D eigenvalue weighted by atomic mass is 10.3. The number of piperazine rings is 1. The van der Waals surface area contributed by atoms with Gasteiger partial charge in [-0.15, -0.1) is 23.1 Å². The van der Waals surface area contributed by atoms with Crippen molar-refractivity contribution in [3.05, 3.63) is 51.7 Å². The zero-order chi connectivity index (χ0) is 20.6. The van der Waals surface area contributed by atoms with Crippen LogP contribution in [0.25, 0.3) is 0 Å². The van der Waals surface area contributed by atoms with E-state index in [-0.39, 0.29) is 24.8 Å². The van der Waals surface area contributed by atoms with Crippen LogP contribution in [0.5, 0.6) is 0 Å². The number of hydrogen-bond acceptors (Lipinski definition) is 6. The molecule has 0 atom stereocenters. The summed E-state index contributed by atoms with van der Waals surface area (Å²) in [5, 5.41) is 2.54. The molecule has 1 aliphatic heterocycles. The molecular weight excluding hydrogens is 432 g/mol. The van der Waals surface area contributed by atoms with Crippen LogP contribution >= 0.6 is 34.7 Å². The Morgan fingerprint density at radius 1 is 1.03 bits per heavy atom. The van der Waals surface area contributed by atoms with Crippen LogP contribution in [-0.4, -0.2) is 66.1 Å². The van der Waals surface area contributed by atoms with Crippen molar-refractivity contribution < 1.29 is 19.1 Å². The van der Waals surface area contributed by atoms with Gasteiger partial charge in [0.2, 0.25) is 0 Å². The molecule has 1 aromatic heterocycles. The zero-order valence-electron chi connectivity index (χ0n) is 15.7. The Morgan fingerprint density at radius 2 is 1.72 bits per heavy atom. The van der Waals surface area contributed by atoms with Gasteiger partial charge in [-0.2, -0.15) is 0 Å². The molecule has 0 bridgehead atoms. The van der Waals surface area contributed by atoms with E-state index in [1.165, 1.54) is 23.1 Å². The van der Waals surface area contributed by atoms with Crippen molar-refractivity contribution in [3.8, 4) is 0 Å². The van der Waals surface area contributed by atoms with Gasteiger partial charge < -0.3 is 14.5 Å². The maximum absolute atomic E-state index is 12.3. The van der Waals surface area contributed by atoms with Crippen molar-refractivity contribution in [1.29, 1.82) is 0 Å². The Morgan fingerprint density at radius 3 is 2.38 bits per heavy atom. The molecule has 1 aliphatic rings. The maximum Gasteiger partial charge on any atom is 0.307 e. The first-order chi connectivity index (χ1) is 14.0. The summed E-state index contributed by atoms with van der Waals surface area (Å²) in [7, 11) is 0. The predicted octanol–water partition coefficient (Wildman–Crippen LogP) is 3.41. The quantitative estimate of drug-likeness (QED) is 0.475. The number of hydrogen-bond donors (Lipinski definition) is 0. The third-order valence-corrected chi connectivity index (χ3v) is 6.52. The van der Waals surface area contributed by atoms with Crippen molar-refractivity contribution in [3.63, 3.8) is 0 Å². The second-order valence-electron chi connectivity index (χ2n) is 6.36. The molecule has 0 N–H and O–H groups in total. The Kier molecular flexibility index (Phi) is 7.97. The molecule has 2 heterocycles. The molecule has 2 amide bonds. The van der Waals surface area contributed by atoms with E-state index < -0.39 is 5.97 Å². The lowest BCUT2D eigenvalue weighted by Gasteiger charge is -2.34. The third-order valence-electron chi connectivity index (χ3n) is 4.40. The Balaban J connectivity index is 1.32. The Bertz CT molecular complexity index is 835. The van der Waals surface area contributed by atoms with Gasteiger partial charge in [-0.3, -0.25) is 14.4 Å². The van der Waals surface area contributed by atoms with Gasteiger partial charge in [0.1, 0.15) is 0 Å². The monoisotopic (exact) mass is 452 g/mol. The fourth-order valence-electron chi connectivity index (χ4n) is 2.80. The summed E-state index contributed by atoms with van der Waals surface area (Å²) in [5.74, 6) is -0.0620. The van der Waals surface area contributed by atoms with Gasteiger partial charge in [0.05, 0.1) is 11.3 Å². The molecule has 0 saturated carbocycles. The number of thioether (sulfide) groups is 1. The number of carbonyl (C=O) groups excluding carboxylic acids is 3. The molecule has 9 heteroatoms. The second kappa shape index (κ2) is 10.7. The summed E-state index contributed by atoms with van der Waals surface area (Å²) in [6.07, 6.45) is 0.226. The molecule has 3 rings (SSSR count). The summed E-state index contributed by atoms with van der Waals surface area (Å²) >= 11 is 8.78. The van der Waals surface area contributed by atoms with Gasteiger partial charge in [-0.25, -0.2) is 0 Å². The number of thiophene rings is 1. The van der Waals surface area contributed by atoms with Crippen LogP contribution in [0, 0.1) is 0 Å². The summed E-state index contributed by atoms with van der Waals surface area (Å²) in [5.41, 5.74) is 0. The molecule has 0 radical (unpaired) electrons. The van der Waals surface area contributed by atoms with E-state index in [4.69, 9.17) is 16.3 Å². The first-order valence-electron chi connectivity index (χ1n) is 9.17. The minimum absolute atomic E-state index is 0.00304. The minimum atomic E-state index is -0.397. The Hall–Kier alpha value is -2.03. The number of halogens is 1. The van der Waals surface area contributed by atoms with Gasteiger partial charge in [-0.05, 0) is 35.7 Å². The molecule has 1 fully saturated rings. The summed E-state index contributed by atoms with van der Waals surface area (Å²) in [4.78, 5) is 41.6. The van der Waals surface area contributed by atoms with E-state index in [1.807, 2.05) is 23.6 Å². The maximum atomic E-state index is 12.3. The van der Waals surface area contributed by atoms with Gasteiger partial charge >= 0.3 is 5.97 Å². The van der Waals surface area contributed by atoms with Crippen LogP contribution in [0.15, 0.2) is 46.7 Å². The number of carbonyl (C=O) groups is 3. The van der Waals surface area contributed by atoms with Gasteiger partial charge in [0, 0.05) is 41.8 Å². The summed E-state index contributed by atoms with van der Waals surface area (Å²) in [6.45, 7) is 1.59. The van der Waals surface area contributed by atoms with Crippen molar-refractivity contribution in [2.75, 3.05) is 38.5 Å². The van der Waals surface area contributed by atoms with E-state index in [0.717, 1.165) is 4.90 Å². The van der Waals surface area contributed by atoms with E-state index in [2.05, 4.69) is 0 Å². The highest BCUT2D eigenvalue weighted by atomic mass is 35.5. The first kappa shape index (κ1) is 21.7. The van der Waals surface area contributed by atoms with Gasteiger partial charge in [-0.1, -0.05) is 17.7 Å². The van der Waals surface area contributed by atoms with Crippen LogP contribution in [0.4, 0.5) is 0 Å². The van der Waals surface area contributed by atoms with Crippen molar-refractivity contribution >= 4 is 52.5 Å². The topological polar surface area (TPSA) is 66.9 Å². The van der Waals surface area contributed by atoms with Gasteiger partial charge in [0.15, 0.2) is 6.61 Å². The molecule has 29 heavy (non-hydrogen) atoms. The van der Waals surface area contributed by atoms with Crippen molar-refractivity contribution in [2.45, 2.75) is 11.3 Å². The highest BCUT2D eigenvalue weighted by Crippen LogP contribution is 2.21. The molecule has 0 unspecified atom stereocenters. The second-order valence-corrected chi connectivity index (χ2v) is 8.92. The highest BCUT2D eigenvalue weighted by Gasteiger charge is 2.25. The average Bonchev–Trinajstić information content (AvgIpc) is 3.28. The third kappa shape index (κ3) is 6.48. The summed E-state index contributed by atoms with van der Waals surface area (Å²) < 4.78 is 5.10. The van der Waals surface area contributed by atoms with Crippen molar-refractivity contribution in [2.24, 2.45) is 0 Å². The lowest BCUT2D eigenvalue weighted by molar-refractivity contribution is -0.152. The van der Waals surface area contributed by atoms with Crippen LogP contribution in [-0.2, 0) is 14.3 Å². The number of benzene rings is 1. The van der Waals surface area contributed by atoms with Gasteiger partial charge in [0.25, 0.3) is 11.8 Å². The first-order valence-corrected chi connectivity index (χ1v) is 11.4. The molecular formula is C20H21ClN2O4S2. The van der Waals surface area contributed by atoms with Crippen molar-refractivity contribution in [1.82, 2.24) is 9.80 Å². The van der Waals surface area contributed by atoms with E-state index in [9.17, 15) is 14.4 Å². The average molecular weight is 453 g/mol. The molecule has 0 aliphatic carbocycles. The van der Waals surface area contributed by atoms with Crippen LogP contribution in [0.3, 0.4) is 0 Å². The molecule has 2 aromatic rings. The number of esters is 1. The molecule has 1 aromatic carbocycles. The van der Waals surface area contributed by atoms with Crippen LogP contribution < -0.4 is 0 Å². The fourth-order valence-corrected chi connectivity index (χ4v) is 4.45.